The first-order valence-corrected chi connectivity index (χ1v) is 7.88. The number of ether oxygens (including phenoxy) is 2. The number of aryl methyl sites for hydroxylation is 1. The molecule has 2 aromatic rings. The van der Waals surface area contributed by atoms with Gasteiger partial charge in [-0.3, -0.25) is 4.79 Å². The summed E-state index contributed by atoms with van der Waals surface area (Å²) in [5.74, 6) is 1.14. The zero-order valence-corrected chi connectivity index (χ0v) is 14.0. The van der Waals surface area contributed by atoms with Crippen LogP contribution in [-0.2, 0) is 4.79 Å². The van der Waals surface area contributed by atoms with Crippen molar-refractivity contribution in [2.45, 2.75) is 20.3 Å². The van der Waals surface area contributed by atoms with E-state index >= 15 is 0 Å². The lowest BCUT2D eigenvalue weighted by atomic mass is 10.2. The molecule has 5 heteroatoms. The number of carbonyl (C=O) groups is 1. The Morgan fingerprint density at radius 1 is 1.09 bits per heavy atom. The van der Waals surface area contributed by atoms with Crippen molar-refractivity contribution in [2.75, 3.05) is 18.5 Å². The van der Waals surface area contributed by atoms with Gasteiger partial charge >= 0.3 is 0 Å². The molecule has 0 aliphatic carbocycles. The lowest BCUT2D eigenvalue weighted by Crippen LogP contribution is -2.20. The molecule has 0 saturated heterocycles. The molecule has 23 heavy (non-hydrogen) atoms. The Labute approximate surface area is 141 Å². The molecule has 0 bridgehead atoms. The van der Waals surface area contributed by atoms with E-state index in [1.165, 1.54) is 0 Å². The van der Waals surface area contributed by atoms with Crippen molar-refractivity contribution in [3.63, 3.8) is 0 Å². The van der Waals surface area contributed by atoms with Crippen molar-refractivity contribution in [1.82, 2.24) is 0 Å². The van der Waals surface area contributed by atoms with Gasteiger partial charge in [0.15, 0.2) is 6.61 Å². The van der Waals surface area contributed by atoms with Crippen molar-refractivity contribution < 1.29 is 14.3 Å². The van der Waals surface area contributed by atoms with E-state index in [0.29, 0.717) is 23.1 Å². The first-order valence-electron chi connectivity index (χ1n) is 7.50. The summed E-state index contributed by atoms with van der Waals surface area (Å²) in [5.41, 5.74) is 1.61. The molecule has 0 unspecified atom stereocenters. The monoisotopic (exact) mass is 333 g/mol. The van der Waals surface area contributed by atoms with Crippen LogP contribution >= 0.6 is 11.6 Å². The fraction of sp³-hybridized carbons (Fsp3) is 0.278. The van der Waals surface area contributed by atoms with Gasteiger partial charge in [0, 0.05) is 0 Å². The zero-order chi connectivity index (χ0) is 16.7. The van der Waals surface area contributed by atoms with Crippen LogP contribution in [0.1, 0.15) is 18.9 Å². The number of nitrogens with one attached hydrogen (secondary N) is 1. The van der Waals surface area contributed by atoms with Gasteiger partial charge in [-0.15, -0.1) is 0 Å². The van der Waals surface area contributed by atoms with Gasteiger partial charge in [-0.25, -0.2) is 0 Å². The molecule has 0 spiro atoms. The van der Waals surface area contributed by atoms with Gasteiger partial charge < -0.3 is 14.8 Å². The summed E-state index contributed by atoms with van der Waals surface area (Å²) in [6, 6.07) is 12.6. The minimum atomic E-state index is -0.262. The molecule has 4 nitrogen and oxygen atoms in total. The Morgan fingerprint density at radius 2 is 1.74 bits per heavy atom. The molecule has 1 amide bonds. The van der Waals surface area contributed by atoms with Crippen LogP contribution in [-0.4, -0.2) is 19.1 Å². The molecule has 0 aromatic heterocycles. The fourth-order valence-electron chi connectivity index (χ4n) is 1.91. The number of amides is 1. The van der Waals surface area contributed by atoms with E-state index in [9.17, 15) is 4.79 Å². The second-order valence-electron chi connectivity index (χ2n) is 5.14. The molecule has 122 valence electrons. The smallest absolute Gasteiger partial charge is 0.262 e. The van der Waals surface area contributed by atoms with E-state index in [2.05, 4.69) is 12.2 Å². The molecule has 0 heterocycles. The molecule has 0 fully saturated rings. The summed E-state index contributed by atoms with van der Waals surface area (Å²) in [6.45, 7) is 4.59. The third kappa shape index (κ3) is 5.49. The fourth-order valence-corrected chi connectivity index (χ4v) is 2.19. The van der Waals surface area contributed by atoms with Crippen LogP contribution in [0.15, 0.2) is 42.5 Å². The van der Waals surface area contributed by atoms with Gasteiger partial charge in [0.05, 0.1) is 17.3 Å². The summed E-state index contributed by atoms with van der Waals surface area (Å²) < 4.78 is 10.9. The van der Waals surface area contributed by atoms with Gasteiger partial charge in [-0.2, -0.15) is 0 Å². The van der Waals surface area contributed by atoms with Crippen LogP contribution in [0.2, 0.25) is 5.02 Å². The van der Waals surface area contributed by atoms with Gasteiger partial charge in [0.25, 0.3) is 5.91 Å². The molecule has 1 N–H and O–H groups in total. The van der Waals surface area contributed by atoms with E-state index in [1.807, 2.05) is 25.1 Å². The maximum absolute atomic E-state index is 11.9. The summed E-state index contributed by atoms with van der Waals surface area (Å²) >= 11 is 6.08. The quantitative estimate of drug-likeness (QED) is 0.814. The van der Waals surface area contributed by atoms with Crippen molar-refractivity contribution in [2.24, 2.45) is 0 Å². The molecule has 0 aliphatic heterocycles. The topological polar surface area (TPSA) is 47.6 Å². The Hall–Kier alpha value is -2.20. The number of benzene rings is 2. The highest BCUT2D eigenvalue weighted by molar-refractivity contribution is 6.33. The lowest BCUT2D eigenvalue weighted by Gasteiger charge is -2.10. The Morgan fingerprint density at radius 3 is 2.35 bits per heavy atom. The predicted molar refractivity (Wildman–Crippen MR) is 92.5 cm³/mol. The second kappa shape index (κ2) is 8.44. The van der Waals surface area contributed by atoms with Gasteiger partial charge in [-0.05, 0) is 55.3 Å². The van der Waals surface area contributed by atoms with Crippen LogP contribution in [0, 0.1) is 6.92 Å². The number of hydrogen-bond acceptors (Lipinski definition) is 3. The first-order chi connectivity index (χ1) is 11.1. The highest BCUT2D eigenvalue weighted by Gasteiger charge is 2.07. The molecule has 2 aromatic carbocycles. The third-order valence-electron chi connectivity index (χ3n) is 3.07. The SMILES string of the molecule is CCCOc1ccc(OCC(=O)Nc2ccc(C)cc2Cl)cc1. The van der Waals surface area contributed by atoms with Crippen LogP contribution in [0.25, 0.3) is 0 Å². The minimum absolute atomic E-state index is 0.0840. The highest BCUT2D eigenvalue weighted by atomic mass is 35.5. The van der Waals surface area contributed by atoms with E-state index in [1.54, 1.807) is 24.3 Å². The van der Waals surface area contributed by atoms with Crippen LogP contribution < -0.4 is 14.8 Å². The first kappa shape index (κ1) is 17.2. The van der Waals surface area contributed by atoms with E-state index < -0.39 is 0 Å². The summed E-state index contributed by atoms with van der Waals surface area (Å²) in [5, 5.41) is 3.24. The number of hydrogen-bond donors (Lipinski definition) is 1. The largest absolute Gasteiger partial charge is 0.494 e. The average Bonchev–Trinajstić information content (AvgIpc) is 2.54. The maximum Gasteiger partial charge on any atom is 0.262 e. The van der Waals surface area contributed by atoms with Crippen molar-refractivity contribution >= 4 is 23.2 Å². The molecule has 2 rings (SSSR count). The van der Waals surface area contributed by atoms with Crippen molar-refractivity contribution in [1.29, 1.82) is 0 Å². The molecule has 0 radical (unpaired) electrons. The summed E-state index contributed by atoms with van der Waals surface area (Å²) in [4.78, 5) is 11.9. The lowest BCUT2D eigenvalue weighted by molar-refractivity contribution is -0.118. The number of anilines is 1. The molecule has 0 atom stereocenters. The number of rotatable bonds is 7. The Kier molecular flexibility index (Phi) is 6.29. The Bertz CT molecular complexity index is 656. The van der Waals surface area contributed by atoms with Crippen LogP contribution in [0.4, 0.5) is 5.69 Å². The standard InChI is InChI=1S/C18H20ClNO3/c1-3-10-22-14-5-7-15(8-6-14)23-12-18(21)20-17-9-4-13(2)11-16(17)19/h4-9,11H,3,10,12H2,1-2H3,(H,20,21). The van der Waals surface area contributed by atoms with Crippen molar-refractivity contribution in [3.8, 4) is 11.5 Å². The van der Waals surface area contributed by atoms with Gasteiger partial charge in [-0.1, -0.05) is 24.6 Å². The van der Waals surface area contributed by atoms with Gasteiger partial charge in [0.2, 0.25) is 0 Å². The van der Waals surface area contributed by atoms with E-state index in [-0.39, 0.29) is 12.5 Å². The zero-order valence-electron chi connectivity index (χ0n) is 13.3. The highest BCUT2D eigenvalue weighted by Crippen LogP contribution is 2.23. The third-order valence-corrected chi connectivity index (χ3v) is 3.38. The van der Waals surface area contributed by atoms with Crippen LogP contribution in [0.3, 0.4) is 0 Å². The second-order valence-corrected chi connectivity index (χ2v) is 5.55. The Balaban J connectivity index is 1.84. The van der Waals surface area contributed by atoms with E-state index in [4.69, 9.17) is 21.1 Å². The number of halogens is 1. The molecular weight excluding hydrogens is 314 g/mol. The average molecular weight is 334 g/mol. The predicted octanol–water partition coefficient (Wildman–Crippen LogP) is 4.45. The van der Waals surface area contributed by atoms with Crippen molar-refractivity contribution in [3.05, 3.63) is 53.1 Å². The summed E-state index contributed by atoms with van der Waals surface area (Å²) in [6.07, 6.45) is 0.958. The molecular formula is C18H20ClNO3. The van der Waals surface area contributed by atoms with Crippen LogP contribution in [0.5, 0.6) is 11.5 Å². The maximum atomic E-state index is 11.9. The molecule has 0 saturated carbocycles. The summed E-state index contributed by atoms with van der Waals surface area (Å²) in [7, 11) is 0. The number of carbonyl (C=O) groups excluding carboxylic acids is 1. The normalized spacial score (nSPS) is 10.2. The minimum Gasteiger partial charge on any atom is -0.494 e. The molecule has 0 aliphatic rings. The van der Waals surface area contributed by atoms with Gasteiger partial charge in [0.1, 0.15) is 11.5 Å². The van der Waals surface area contributed by atoms with E-state index in [0.717, 1.165) is 17.7 Å².